The van der Waals surface area contributed by atoms with Gasteiger partial charge in [-0.15, -0.1) is 0 Å². The first-order chi connectivity index (χ1) is 4.95. The van der Waals surface area contributed by atoms with Crippen molar-refractivity contribution in [1.82, 2.24) is 5.32 Å². The van der Waals surface area contributed by atoms with E-state index in [0.717, 1.165) is 5.32 Å². The molecular weight excluding hydrogens is 159 g/mol. The van der Waals surface area contributed by atoms with Gasteiger partial charge in [-0.3, -0.25) is 10.1 Å². The van der Waals surface area contributed by atoms with Gasteiger partial charge < -0.3 is 0 Å². The molecule has 0 aliphatic carbocycles. The lowest BCUT2D eigenvalue weighted by molar-refractivity contribution is -0.169. The Morgan fingerprint density at radius 3 is 2.36 bits per heavy atom. The van der Waals surface area contributed by atoms with Gasteiger partial charge in [-0.05, 0) is 6.42 Å². The number of hydrogen-bond acceptors (Lipinski definition) is 1. The summed E-state index contributed by atoms with van der Waals surface area (Å²) >= 11 is 0. The van der Waals surface area contributed by atoms with Crippen LogP contribution in [0.4, 0.5) is 13.2 Å². The van der Waals surface area contributed by atoms with E-state index in [-0.39, 0.29) is 6.42 Å². The van der Waals surface area contributed by atoms with E-state index in [1.165, 1.54) is 0 Å². The molecule has 0 aliphatic heterocycles. The second-order valence-electron chi connectivity index (χ2n) is 2.00. The molecule has 1 N–H and O–H groups in total. The highest BCUT2D eigenvalue weighted by Crippen LogP contribution is 2.09. The van der Waals surface area contributed by atoms with E-state index >= 15 is 0 Å². The number of halogens is 3. The van der Waals surface area contributed by atoms with E-state index in [9.17, 15) is 18.0 Å². The predicted octanol–water partition coefficient (Wildman–Crippen LogP) is 1.63. The molecule has 0 atom stereocenters. The van der Waals surface area contributed by atoms with Gasteiger partial charge in [0.2, 0.25) is 5.91 Å². The van der Waals surface area contributed by atoms with E-state index in [1.807, 2.05) is 0 Å². The maximum Gasteiger partial charge on any atom is 0.484 e. The van der Waals surface area contributed by atoms with Crippen molar-refractivity contribution in [2.24, 2.45) is 0 Å². The minimum atomic E-state index is -4.60. The smallest absolute Gasteiger partial charge is 0.275 e. The van der Waals surface area contributed by atoms with Crippen LogP contribution in [0.2, 0.25) is 0 Å². The fourth-order valence-electron chi connectivity index (χ4n) is 0.506. The molecule has 0 saturated heterocycles. The van der Waals surface area contributed by atoms with E-state index in [0.29, 0.717) is 12.8 Å². The first-order valence-electron chi connectivity index (χ1n) is 3.12. The fourth-order valence-corrected chi connectivity index (χ4v) is 0.506. The van der Waals surface area contributed by atoms with E-state index < -0.39 is 12.2 Å². The Labute approximate surface area is 62.8 Å². The summed E-state index contributed by atoms with van der Waals surface area (Å²) in [7, 11) is 0. The molecule has 0 fully saturated rings. The lowest BCUT2D eigenvalue weighted by Crippen LogP contribution is -2.36. The molecule has 0 aliphatic rings. The predicted molar refractivity (Wildman–Crippen MR) is 33.4 cm³/mol. The molecule has 0 unspecified atom stereocenters. The number of rotatable bonds is 3. The van der Waals surface area contributed by atoms with Crippen molar-refractivity contribution in [3.63, 3.8) is 0 Å². The maximum atomic E-state index is 11.4. The molecule has 0 spiro atoms. The highest BCUT2D eigenvalue weighted by molar-refractivity contribution is 5.76. The number of unbranched alkanes of at least 4 members (excludes halogenated alkanes) is 1. The molecule has 0 heterocycles. The van der Waals surface area contributed by atoms with Crippen LogP contribution < -0.4 is 5.32 Å². The zero-order chi connectivity index (χ0) is 8.91. The molecule has 65 valence electrons. The molecule has 1 radical (unpaired) electrons. The highest BCUT2D eigenvalue weighted by atomic mass is 19.4. The summed E-state index contributed by atoms with van der Waals surface area (Å²) in [6.45, 7) is 3.39. The van der Waals surface area contributed by atoms with Crippen molar-refractivity contribution < 1.29 is 18.0 Å². The molecule has 11 heavy (non-hydrogen) atoms. The van der Waals surface area contributed by atoms with E-state index in [4.69, 9.17) is 0 Å². The average Bonchev–Trinajstić information content (AvgIpc) is 1.79. The first-order valence-corrected chi connectivity index (χ1v) is 3.12. The number of amides is 1. The molecule has 2 nitrogen and oxygen atoms in total. The Bertz CT molecular complexity index is 132. The van der Waals surface area contributed by atoms with Crippen LogP contribution in [0.1, 0.15) is 19.3 Å². The van der Waals surface area contributed by atoms with Crippen LogP contribution >= 0.6 is 0 Å². The van der Waals surface area contributed by atoms with Crippen molar-refractivity contribution in [2.45, 2.75) is 25.6 Å². The number of carbonyl (C=O) groups is 1. The number of hydrogen-bond donors (Lipinski definition) is 1. The van der Waals surface area contributed by atoms with E-state index in [1.54, 1.807) is 0 Å². The van der Waals surface area contributed by atoms with Gasteiger partial charge in [-0.2, -0.15) is 13.2 Å². The first kappa shape index (κ1) is 10.3. The van der Waals surface area contributed by atoms with Crippen LogP contribution in [-0.2, 0) is 4.79 Å². The molecule has 0 bridgehead atoms. The summed E-state index contributed by atoms with van der Waals surface area (Å²) in [5, 5.41) is 0.887. The minimum absolute atomic E-state index is 0.122. The molecule has 0 aromatic carbocycles. The molecule has 5 heteroatoms. The Hall–Kier alpha value is -0.740. The quantitative estimate of drug-likeness (QED) is 0.637. The van der Waals surface area contributed by atoms with Gasteiger partial charge in [-0.25, -0.2) is 0 Å². The Kier molecular flexibility index (Phi) is 3.92. The van der Waals surface area contributed by atoms with Crippen LogP contribution in [0.15, 0.2) is 0 Å². The number of nitrogens with one attached hydrogen (secondary N) is 1. The standard InChI is InChI=1S/C6H9F3NO/c1-2-3-4-5(11)10-6(7,8)9/h1-4H2,(H,10,11). The highest BCUT2D eigenvalue weighted by Gasteiger charge is 2.29. The van der Waals surface area contributed by atoms with Crippen molar-refractivity contribution in [1.29, 1.82) is 0 Å². The van der Waals surface area contributed by atoms with Crippen LogP contribution in [0.3, 0.4) is 0 Å². The monoisotopic (exact) mass is 168 g/mol. The minimum Gasteiger partial charge on any atom is -0.275 e. The average molecular weight is 168 g/mol. The van der Waals surface area contributed by atoms with Gasteiger partial charge in [0.1, 0.15) is 0 Å². The zero-order valence-electron chi connectivity index (χ0n) is 5.87. The Balaban J connectivity index is 3.53. The van der Waals surface area contributed by atoms with Gasteiger partial charge in [-0.1, -0.05) is 13.3 Å². The van der Waals surface area contributed by atoms with Gasteiger partial charge in [0.15, 0.2) is 0 Å². The zero-order valence-corrected chi connectivity index (χ0v) is 5.87. The van der Waals surface area contributed by atoms with E-state index in [2.05, 4.69) is 6.92 Å². The summed E-state index contributed by atoms with van der Waals surface area (Å²) in [6, 6.07) is 0. The van der Waals surface area contributed by atoms with Crippen molar-refractivity contribution >= 4 is 5.91 Å². The Morgan fingerprint density at radius 2 is 2.00 bits per heavy atom. The van der Waals surface area contributed by atoms with Crippen LogP contribution in [0, 0.1) is 6.92 Å². The third-order valence-corrected chi connectivity index (χ3v) is 0.935. The SMILES string of the molecule is [CH2]CCCC(=O)NC(F)(F)F. The van der Waals surface area contributed by atoms with Gasteiger partial charge in [0.25, 0.3) is 0 Å². The Morgan fingerprint density at radius 1 is 1.45 bits per heavy atom. The fraction of sp³-hybridized carbons (Fsp3) is 0.667. The third-order valence-electron chi connectivity index (χ3n) is 0.935. The topological polar surface area (TPSA) is 29.1 Å². The number of alkyl halides is 3. The molecule has 1 amide bonds. The lowest BCUT2D eigenvalue weighted by Gasteiger charge is -2.06. The lowest BCUT2D eigenvalue weighted by atomic mass is 10.2. The van der Waals surface area contributed by atoms with Crippen LogP contribution in [0.25, 0.3) is 0 Å². The summed E-state index contributed by atoms with van der Waals surface area (Å²) < 4.78 is 34.2. The largest absolute Gasteiger partial charge is 0.484 e. The molecular formula is C6H9F3NO. The van der Waals surface area contributed by atoms with Crippen LogP contribution in [-0.4, -0.2) is 12.2 Å². The summed E-state index contributed by atoms with van der Waals surface area (Å²) in [5.74, 6) is -0.999. The summed E-state index contributed by atoms with van der Waals surface area (Å²) in [6.07, 6.45) is -3.88. The number of carbonyl (C=O) groups excluding carboxylic acids is 1. The van der Waals surface area contributed by atoms with Gasteiger partial charge >= 0.3 is 6.30 Å². The third kappa shape index (κ3) is 7.15. The van der Waals surface area contributed by atoms with Crippen molar-refractivity contribution in [3.8, 4) is 0 Å². The molecule has 0 saturated carbocycles. The summed E-state index contributed by atoms with van der Waals surface area (Å²) in [5.41, 5.74) is 0. The molecule has 0 rings (SSSR count). The molecule has 0 aromatic heterocycles. The van der Waals surface area contributed by atoms with Crippen molar-refractivity contribution in [2.75, 3.05) is 0 Å². The second kappa shape index (κ2) is 4.20. The van der Waals surface area contributed by atoms with Gasteiger partial charge in [0.05, 0.1) is 0 Å². The maximum absolute atomic E-state index is 11.4. The van der Waals surface area contributed by atoms with Gasteiger partial charge in [0, 0.05) is 6.42 Å². The molecule has 0 aromatic rings. The van der Waals surface area contributed by atoms with Crippen LogP contribution in [0.5, 0.6) is 0 Å². The normalized spacial score (nSPS) is 11.3. The summed E-state index contributed by atoms with van der Waals surface area (Å²) in [4.78, 5) is 10.4. The second-order valence-corrected chi connectivity index (χ2v) is 2.00. The van der Waals surface area contributed by atoms with Crippen molar-refractivity contribution in [3.05, 3.63) is 6.92 Å².